The molecule has 144 valence electrons. The van der Waals surface area contributed by atoms with E-state index < -0.39 is 0 Å². The SMILES string of the molecule is CCN(CC)CCn1c2c(c(SC/C=C/c3ccccc3)nc1=O)CCC2. The Hall–Kier alpha value is -1.85. The van der Waals surface area contributed by atoms with E-state index in [1.807, 2.05) is 22.8 Å². The number of fused-ring (bicyclic) bond motifs is 1. The van der Waals surface area contributed by atoms with Crippen molar-refractivity contribution in [3.63, 3.8) is 0 Å². The molecule has 1 aromatic carbocycles. The van der Waals surface area contributed by atoms with Crippen molar-refractivity contribution >= 4 is 17.8 Å². The molecule has 0 atom stereocenters. The van der Waals surface area contributed by atoms with E-state index in [0.29, 0.717) is 0 Å². The fourth-order valence-electron chi connectivity index (χ4n) is 3.59. The lowest BCUT2D eigenvalue weighted by molar-refractivity contribution is 0.286. The van der Waals surface area contributed by atoms with Crippen molar-refractivity contribution in [2.24, 2.45) is 0 Å². The molecule has 1 aliphatic rings. The van der Waals surface area contributed by atoms with Crippen LogP contribution in [0.4, 0.5) is 0 Å². The van der Waals surface area contributed by atoms with Crippen molar-refractivity contribution < 1.29 is 0 Å². The minimum absolute atomic E-state index is 0.0858. The summed E-state index contributed by atoms with van der Waals surface area (Å²) in [6.07, 6.45) is 7.43. The van der Waals surface area contributed by atoms with Gasteiger partial charge in [-0.3, -0.25) is 4.57 Å². The molecule has 3 rings (SSSR count). The fourth-order valence-corrected chi connectivity index (χ4v) is 4.48. The molecule has 4 nitrogen and oxygen atoms in total. The van der Waals surface area contributed by atoms with Crippen LogP contribution in [-0.4, -0.2) is 39.8 Å². The van der Waals surface area contributed by atoms with Gasteiger partial charge in [0.2, 0.25) is 0 Å². The van der Waals surface area contributed by atoms with Gasteiger partial charge in [0.15, 0.2) is 0 Å². The van der Waals surface area contributed by atoms with Crippen LogP contribution in [0, 0.1) is 0 Å². The Kier molecular flexibility index (Phi) is 7.30. The van der Waals surface area contributed by atoms with Crippen molar-refractivity contribution in [3.8, 4) is 0 Å². The first-order chi connectivity index (χ1) is 13.2. The predicted octanol–water partition coefficient (Wildman–Crippen LogP) is 3.88. The third kappa shape index (κ3) is 5.11. The summed E-state index contributed by atoms with van der Waals surface area (Å²) in [4.78, 5) is 19.4. The second kappa shape index (κ2) is 9.90. The topological polar surface area (TPSA) is 38.1 Å². The molecular weight excluding hydrogens is 354 g/mol. The number of rotatable bonds is 9. The highest BCUT2D eigenvalue weighted by Crippen LogP contribution is 2.29. The molecule has 0 saturated heterocycles. The lowest BCUT2D eigenvalue weighted by Gasteiger charge is -2.20. The molecule has 0 N–H and O–H groups in total. The van der Waals surface area contributed by atoms with E-state index in [-0.39, 0.29) is 5.69 Å². The van der Waals surface area contributed by atoms with Gasteiger partial charge >= 0.3 is 5.69 Å². The Labute approximate surface area is 166 Å². The molecule has 1 aromatic heterocycles. The molecular formula is C22H29N3OS. The summed E-state index contributed by atoms with van der Waals surface area (Å²) in [6, 6.07) is 10.3. The summed E-state index contributed by atoms with van der Waals surface area (Å²) in [5.74, 6) is 0.831. The highest BCUT2D eigenvalue weighted by molar-refractivity contribution is 7.99. The minimum atomic E-state index is -0.0858. The largest absolute Gasteiger partial charge is 0.348 e. The van der Waals surface area contributed by atoms with Gasteiger partial charge in [0.05, 0.1) is 0 Å². The second-order valence-electron chi connectivity index (χ2n) is 6.78. The maximum atomic E-state index is 12.6. The maximum Gasteiger partial charge on any atom is 0.348 e. The quantitative estimate of drug-likeness (QED) is 0.486. The van der Waals surface area contributed by atoms with Crippen LogP contribution in [0.25, 0.3) is 6.08 Å². The van der Waals surface area contributed by atoms with Crippen LogP contribution in [0.5, 0.6) is 0 Å². The number of aromatic nitrogens is 2. The second-order valence-corrected chi connectivity index (χ2v) is 7.79. The van der Waals surface area contributed by atoms with Gasteiger partial charge in [-0.1, -0.05) is 56.3 Å². The molecule has 0 aliphatic heterocycles. The average Bonchev–Trinajstić information content (AvgIpc) is 3.18. The van der Waals surface area contributed by atoms with Crippen molar-refractivity contribution in [2.75, 3.05) is 25.4 Å². The first-order valence-electron chi connectivity index (χ1n) is 9.92. The third-order valence-corrected chi connectivity index (χ3v) is 6.13. The van der Waals surface area contributed by atoms with Gasteiger partial charge in [-0.05, 0) is 37.9 Å². The Morgan fingerprint density at radius 2 is 1.96 bits per heavy atom. The highest BCUT2D eigenvalue weighted by Gasteiger charge is 2.21. The Balaban J connectivity index is 1.70. The fraction of sp³-hybridized carbons (Fsp3) is 0.455. The molecule has 0 unspecified atom stereocenters. The van der Waals surface area contributed by atoms with Gasteiger partial charge in [0.25, 0.3) is 0 Å². The number of thioether (sulfide) groups is 1. The first-order valence-corrected chi connectivity index (χ1v) is 10.9. The molecule has 0 fully saturated rings. The highest BCUT2D eigenvalue weighted by atomic mass is 32.2. The molecule has 27 heavy (non-hydrogen) atoms. The van der Waals surface area contributed by atoms with E-state index in [1.54, 1.807) is 11.8 Å². The summed E-state index contributed by atoms with van der Waals surface area (Å²) >= 11 is 1.68. The Morgan fingerprint density at radius 3 is 2.70 bits per heavy atom. The van der Waals surface area contributed by atoms with Crippen LogP contribution >= 0.6 is 11.8 Å². The molecule has 0 amide bonds. The molecule has 0 bridgehead atoms. The molecule has 5 heteroatoms. The van der Waals surface area contributed by atoms with Gasteiger partial charge in [0, 0.05) is 30.1 Å². The number of likely N-dealkylation sites (N-methyl/N-ethyl adjacent to an activating group) is 1. The molecule has 0 radical (unpaired) electrons. The minimum Gasteiger partial charge on any atom is -0.302 e. The lowest BCUT2D eigenvalue weighted by atomic mass is 10.2. The van der Waals surface area contributed by atoms with E-state index in [1.165, 1.54) is 16.8 Å². The van der Waals surface area contributed by atoms with Crippen LogP contribution < -0.4 is 5.69 Å². The summed E-state index contributed by atoms with van der Waals surface area (Å²) in [7, 11) is 0. The summed E-state index contributed by atoms with van der Waals surface area (Å²) < 4.78 is 1.92. The molecule has 0 spiro atoms. The van der Waals surface area contributed by atoms with Crippen LogP contribution in [0.15, 0.2) is 46.2 Å². The maximum absolute atomic E-state index is 12.6. The first kappa shape index (κ1) is 19.9. The Bertz CT molecular complexity index is 825. The van der Waals surface area contributed by atoms with Gasteiger partial charge in [0.1, 0.15) is 5.03 Å². The van der Waals surface area contributed by atoms with Gasteiger partial charge in [-0.2, -0.15) is 4.98 Å². The zero-order valence-electron chi connectivity index (χ0n) is 16.4. The number of nitrogens with zero attached hydrogens (tertiary/aromatic N) is 3. The van der Waals surface area contributed by atoms with E-state index in [2.05, 4.69) is 48.0 Å². The molecule has 2 aromatic rings. The van der Waals surface area contributed by atoms with Gasteiger partial charge in [-0.25, -0.2) is 4.79 Å². The normalized spacial score (nSPS) is 13.6. The van der Waals surface area contributed by atoms with Crippen molar-refractivity contribution in [3.05, 3.63) is 63.7 Å². The molecule has 1 heterocycles. The molecule has 0 saturated carbocycles. The predicted molar refractivity (Wildman–Crippen MR) is 115 cm³/mol. The smallest absolute Gasteiger partial charge is 0.302 e. The van der Waals surface area contributed by atoms with E-state index >= 15 is 0 Å². The Morgan fingerprint density at radius 1 is 1.19 bits per heavy atom. The van der Waals surface area contributed by atoms with Crippen molar-refractivity contribution in [1.29, 1.82) is 0 Å². The molecule has 1 aliphatic carbocycles. The van der Waals surface area contributed by atoms with E-state index in [9.17, 15) is 4.79 Å². The van der Waals surface area contributed by atoms with Crippen molar-refractivity contribution in [1.82, 2.24) is 14.5 Å². The third-order valence-electron chi connectivity index (χ3n) is 5.16. The standard InChI is InChI=1S/C22H29N3OS/c1-3-24(4-2)15-16-25-20-14-8-13-19(20)21(23-22(25)26)27-17-9-12-18-10-6-5-7-11-18/h5-7,9-12H,3-4,8,13-17H2,1-2H3/b12-9+. The van der Waals surface area contributed by atoms with E-state index in [0.717, 1.165) is 56.2 Å². The van der Waals surface area contributed by atoms with Crippen LogP contribution in [0.2, 0.25) is 0 Å². The average molecular weight is 384 g/mol. The number of benzene rings is 1. The van der Waals surface area contributed by atoms with E-state index in [4.69, 9.17) is 0 Å². The van der Waals surface area contributed by atoms with Gasteiger partial charge < -0.3 is 4.90 Å². The van der Waals surface area contributed by atoms with Crippen molar-refractivity contribution in [2.45, 2.75) is 44.7 Å². The number of hydrogen-bond donors (Lipinski definition) is 0. The van der Waals surface area contributed by atoms with Crippen LogP contribution in [0.1, 0.15) is 37.1 Å². The zero-order valence-corrected chi connectivity index (χ0v) is 17.2. The van der Waals surface area contributed by atoms with Crippen LogP contribution in [0.3, 0.4) is 0 Å². The monoisotopic (exact) mass is 383 g/mol. The summed E-state index contributed by atoms with van der Waals surface area (Å²) in [6.45, 7) is 8.02. The lowest BCUT2D eigenvalue weighted by Crippen LogP contribution is -2.34. The summed E-state index contributed by atoms with van der Waals surface area (Å²) in [5, 5.41) is 0.935. The van der Waals surface area contributed by atoms with Gasteiger partial charge in [-0.15, -0.1) is 11.8 Å². The van der Waals surface area contributed by atoms with Crippen LogP contribution in [-0.2, 0) is 19.4 Å². The zero-order chi connectivity index (χ0) is 19.1. The summed E-state index contributed by atoms with van der Waals surface area (Å²) in [5.41, 5.74) is 3.63. The number of hydrogen-bond acceptors (Lipinski definition) is 4.